The molecule has 1 heterocycles. The number of thioether (sulfide) groups is 1. The Kier molecular flexibility index (Phi) is 4.66. The van der Waals surface area contributed by atoms with E-state index in [2.05, 4.69) is 0 Å². The highest BCUT2D eigenvalue weighted by Crippen LogP contribution is 2.33. The van der Waals surface area contributed by atoms with E-state index in [9.17, 15) is 4.79 Å². The summed E-state index contributed by atoms with van der Waals surface area (Å²) in [6.45, 7) is 0.495. The zero-order valence-electron chi connectivity index (χ0n) is 10.3. The third-order valence-electron chi connectivity index (χ3n) is 3.15. The largest absolute Gasteiger partial charge is 0.481 e. The minimum atomic E-state index is -0.773. The highest BCUT2D eigenvalue weighted by molar-refractivity contribution is 7.99. The minimum Gasteiger partial charge on any atom is -0.481 e. The summed E-state index contributed by atoms with van der Waals surface area (Å²) in [5, 5.41) is 9.04. The summed E-state index contributed by atoms with van der Waals surface area (Å²) in [6.07, 6.45) is 1.98. The first-order chi connectivity index (χ1) is 8.70. The van der Waals surface area contributed by atoms with E-state index in [1.807, 2.05) is 30.3 Å². The van der Waals surface area contributed by atoms with Crippen molar-refractivity contribution in [2.75, 3.05) is 11.5 Å². The van der Waals surface area contributed by atoms with Crippen LogP contribution in [0, 0.1) is 0 Å². The third kappa shape index (κ3) is 3.75. The predicted molar refractivity (Wildman–Crippen MR) is 72.8 cm³/mol. The summed E-state index contributed by atoms with van der Waals surface area (Å²) >= 11 is 1.79. The van der Waals surface area contributed by atoms with Crippen LogP contribution in [0.5, 0.6) is 0 Å². The molecule has 0 radical (unpaired) electrons. The molecule has 3 nitrogen and oxygen atoms in total. The number of ether oxygens (including phenoxy) is 1. The van der Waals surface area contributed by atoms with E-state index >= 15 is 0 Å². The second-order valence-electron chi connectivity index (χ2n) is 4.68. The van der Waals surface area contributed by atoms with Crippen LogP contribution in [0.4, 0.5) is 0 Å². The van der Waals surface area contributed by atoms with E-state index in [1.54, 1.807) is 11.8 Å². The molecule has 0 bridgehead atoms. The molecule has 0 aromatic heterocycles. The van der Waals surface area contributed by atoms with Crippen LogP contribution >= 0.6 is 11.8 Å². The minimum absolute atomic E-state index is 0.104. The van der Waals surface area contributed by atoms with Crippen molar-refractivity contribution in [3.8, 4) is 0 Å². The number of aliphatic carboxylic acids is 1. The maximum atomic E-state index is 11.0. The molecule has 0 spiro atoms. The molecule has 1 atom stereocenters. The Morgan fingerprint density at radius 3 is 2.78 bits per heavy atom. The molecule has 0 saturated carbocycles. The molecule has 1 aromatic carbocycles. The Morgan fingerprint density at radius 1 is 1.39 bits per heavy atom. The van der Waals surface area contributed by atoms with E-state index in [4.69, 9.17) is 9.84 Å². The molecule has 0 amide bonds. The molecule has 98 valence electrons. The van der Waals surface area contributed by atoms with Gasteiger partial charge in [0.15, 0.2) is 0 Å². The van der Waals surface area contributed by atoms with Crippen molar-refractivity contribution in [2.24, 2.45) is 0 Å². The van der Waals surface area contributed by atoms with Crippen LogP contribution in [-0.4, -0.2) is 28.2 Å². The highest BCUT2D eigenvalue weighted by atomic mass is 32.2. The maximum absolute atomic E-state index is 11.0. The fourth-order valence-corrected chi connectivity index (χ4v) is 3.41. The molecule has 4 heteroatoms. The number of benzene rings is 1. The smallest absolute Gasteiger partial charge is 0.306 e. The van der Waals surface area contributed by atoms with Crippen molar-refractivity contribution < 1.29 is 14.6 Å². The molecule has 1 fully saturated rings. The highest BCUT2D eigenvalue weighted by Gasteiger charge is 2.35. The average molecular weight is 266 g/mol. The summed E-state index contributed by atoms with van der Waals surface area (Å²) in [7, 11) is 0. The summed E-state index contributed by atoms with van der Waals surface area (Å²) in [5.41, 5.74) is 0.614. The monoisotopic (exact) mass is 266 g/mol. The van der Waals surface area contributed by atoms with Gasteiger partial charge in [0.05, 0.1) is 18.6 Å². The number of rotatable bonds is 5. The zero-order chi connectivity index (χ0) is 12.8. The SMILES string of the molecule is O=C(O)CC1(OCc2ccccc2)CCCSC1. The van der Waals surface area contributed by atoms with Crippen LogP contribution < -0.4 is 0 Å². The van der Waals surface area contributed by atoms with Crippen molar-refractivity contribution in [1.29, 1.82) is 0 Å². The van der Waals surface area contributed by atoms with Crippen LogP contribution in [0.1, 0.15) is 24.8 Å². The first kappa shape index (κ1) is 13.4. The summed E-state index contributed by atoms with van der Waals surface area (Å²) in [6, 6.07) is 9.91. The molecule has 1 N–H and O–H groups in total. The van der Waals surface area contributed by atoms with Crippen LogP contribution in [0.2, 0.25) is 0 Å². The van der Waals surface area contributed by atoms with Crippen molar-refractivity contribution in [1.82, 2.24) is 0 Å². The summed E-state index contributed by atoms with van der Waals surface area (Å²) < 4.78 is 5.97. The van der Waals surface area contributed by atoms with Gasteiger partial charge in [-0.05, 0) is 24.2 Å². The first-order valence-electron chi connectivity index (χ1n) is 6.18. The maximum Gasteiger partial charge on any atom is 0.306 e. The van der Waals surface area contributed by atoms with Gasteiger partial charge in [-0.3, -0.25) is 4.79 Å². The molecule has 18 heavy (non-hydrogen) atoms. The van der Waals surface area contributed by atoms with E-state index in [0.29, 0.717) is 6.61 Å². The quantitative estimate of drug-likeness (QED) is 0.890. The fraction of sp³-hybridized carbons (Fsp3) is 0.500. The van der Waals surface area contributed by atoms with Gasteiger partial charge in [-0.15, -0.1) is 0 Å². The lowest BCUT2D eigenvalue weighted by Gasteiger charge is -2.35. The molecule has 2 rings (SSSR count). The lowest BCUT2D eigenvalue weighted by Crippen LogP contribution is -2.40. The van der Waals surface area contributed by atoms with Gasteiger partial charge in [0.25, 0.3) is 0 Å². The Balaban J connectivity index is 1.99. The third-order valence-corrected chi connectivity index (χ3v) is 4.45. The Morgan fingerprint density at radius 2 is 2.17 bits per heavy atom. The molecule has 1 unspecified atom stereocenters. The fourth-order valence-electron chi connectivity index (χ4n) is 2.22. The van der Waals surface area contributed by atoms with Crippen molar-refractivity contribution in [3.05, 3.63) is 35.9 Å². The van der Waals surface area contributed by atoms with E-state index in [0.717, 1.165) is 29.9 Å². The normalized spacial score (nSPS) is 23.8. The van der Waals surface area contributed by atoms with Gasteiger partial charge < -0.3 is 9.84 Å². The number of hydrogen-bond donors (Lipinski definition) is 1. The topological polar surface area (TPSA) is 46.5 Å². The van der Waals surface area contributed by atoms with Crippen LogP contribution in [-0.2, 0) is 16.1 Å². The standard InChI is InChI=1S/C14H18O3S/c15-13(16)9-14(7-4-8-18-11-14)17-10-12-5-2-1-3-6-12/h1-3,5-6H,4,7-11H2,(H,15,16). The number of hydrogen-bond acceptors (Lipinski definition) is 3. The van der Waals surface area contributed by atoms with Gasteiger partial charge in [-0.25, -0.2) is 0 Å². The Hall–Kier alpha value is -1.00. The molecular weight excluding hydrogens is 248 g/mol. The molecule has 0 aliphatic carbocycles. The molecule has 1 saturated heterocycles. The van der Waals surface area contributed by atoms with Gasteiger partial charge in [-0.2, -0.15) is 11.8 Å². The van der Waals surface area contributed by atoms with Gasteiger partial charge in [0.1, 0.15) is 0 Å². The molecule has 1 aromatic rings. The number of carboxylic acid groups (broad SMARTS) is 1. The van der Waals surface area contributed by atoms with Crippen molar-refractivity contribution in [3.63, 3.8) is 0 Å². The van der Waals surface area contributed by atoms with Gasteiger partial charge >= 0.3 is 5.97 Å². The number of carboxylic acids is 1. The molecule has 1 aliphatic heterocycles. The van der Waals surface area contributed by atoms with Crippen molar-refractivity contribution >= 4 is 17.7 Å². The molecule has 1 aliphatic rings. The van der Waals surface area contributed by atoms with Gasteiger partial charge in [0, 0.05) is 5.75 Å². The van der Waals surface area contributed by atoms with Gasteiger partial charge in [0.2, 0.25) is 0 Å². The lowest BCUT2D eigenvalue weighted by atomic mass is 9.95. The summed E-state index contributed by atoms with van der Waals surface area (Å²) in [4.78, 5) is 11.0. The lowest BCUT2D eigenvalue weighted by molar-refractivity contribution is -0.145. The van der Waals surface area contributed by atoms with Crippen molar-refractivity contribution in [2.45, 2.75) is 31.5 Å². The first-order valence-corrected chi connectivity index (χ1v) is 7.33. The Labute approximate surface area is 112 Å². The van der Waals surface area contributed by atoms with Crippen LogP contribution in [0.25, 0.3) is 0 Å². The van der Waals surface area contributed by atoms with Crippen LogP contribution in [0.15, 0.2) is 30.3 Å². The van der Waals surface area contributed by atoms with E-state index in [1.165, 1.54) is 0 Å². The zero-order valence-corrected chi connectivity index (χ0v) is 11.1. The second-order valence-corrected chi connectivity index (χ2v) is 5.79. The van der Waals surface area contributed by atoms with E-state index in [-0.39, 0.29) is 6.42 Å². The predicted octanol–water partition coefficient (Wildman–Crippen LogP) is 2.94. The second kappa shape index (κ2) is 6.25. The number of carbonyl (C=O) groups is 1. The van der Waals surface area contributed by atoms with Crippen LogP contribution in [0.3, 0.4) is 0 Å². The Bertz CT molecular complexity index is 385. The average Bonchev–Trinajstić information content (AvgIpc) is 2.38. The summed E-state index contributed by atoms with van der Waals surface area (Å²) in [5.74, 6) is 1.12. The van der Waals surface area contributed by atoms with Gasteiger partial charge in [-0.1, -0.05) is 30.3 Å². The van der Waals surface area contributed by atoms with E-state index < -0.39 is 11.6 Å². The molecular formula is C14H18O3S.